The van der Waals surface area contributed by atoms with Crippen LogP contribution in [0.15, 0.2) is 24.4 Å². The van der Waals surface area contributed by atoms with E-state index in [9.17, 15) is 0 Å². The topological polar surface area (TPSA) is 20.2 Å². The number of hydrogen-bond acceptors (Lipinski definition) is 1. The zero-order chi connectivity index (χ0) is 10.3. The van der Waals surface area contributed by atoms with Gasteiger partial charge in [0.25, 0.3) is 0 Å². The molecule has 74 valence electrons. The highest BCUT2D eigenvalue weighted by Crippen LogP contribution is 2.25. The lowest BCUT2D eigenvalue weighted by atomic mass is 9.91. The van der Waals surface area contributed by atoms with Crippen LogP contribution in [0.5, 0.6) is 0 Å². The molecule has 2 nitrogen and oxygen atoms in total. The van der Waals surface area contributed by atoms with Crippen molar-refractivity contribution in [2.45, 2.75) is 26.2 Å². The molecular formula is C11H14N2S. The van der Waals surface area contributed by atoms with Crippen molar-refractivity contribution in [2.75, 3.05) is 0 Å². The van der Waals surface area contributed by atoms with Crippen LogP contribution in [0, 0.1) is 4.77 Å². The number of pyridine rings is 1. The van der Waals surface area contributed by atoms with Gasteiger partial charge >= 0.3 is 0 Å². The van der Waals surface area contributed by atoms with Crippen molar-refractivity contribution in [3.63, 3.8) is 0 Å². The third-order valence-electron chi connectivity index (χ3n) is 2.32. The SMILES string of the molecule is CC(C)(C)c1[nH]c(=S)n2ccccc12. The maximum atomic E-state index is 5.25. The van der Waals surface area contributed by atoms with Crippen molar-refractivity contribution in [2.24, 2.45) is 0 Å². The molecule has 0 aromatic carbocycles. The molecule has 0 radical (unpaired) electrons. The molecule has 14 heavy (non-hydrogen) atoms. The second kappa shape index (κ2) is 2.95. The van der Waals surface area contributed by atoms with Gasteiger partial charge in [-0.05, 0) is 24.4 Å². The number of aromatic amines is 1. The zero-order valence-corrected chi connectivity index (χ0v) is 9.48. The first kappa shape index (κ1) is 9.46. The van der Waals surface area contributed by atoms with E-state index in [1.165, 1.54) is 11.2 Å². The standard InChI is InChI=1S/C11H14N2S/c1-11(2,3)9-8-6-4-5-7-13(8)10(14)12-9/h4-7H,1-3H3,(H,12,14). The predicted molar refractivity (Wildman–Crippen MR) is 61.3 cm³/mol. The molecule has 0 spiro atoms. The predicted octanol–water partition coefficient (Wildman–Crippen LogP) is 3.29. The van der Waals surface area contributed by atoms with E-state index in [1.54, 1.807) is 0 Å². The van der Waals surface area contributed by atoms with Crippen molar-refractivity contribution in [3.05, 3.63) is 34.9 Å². The van der Waals surface area contributed by atoms with E-state index in [4.69, 9.17) is 12.2 Å². The summed E-state index contributed by atoms with van der Waals surface area (Å²) in [6.07, 6.45) is 1.99. The number of fused-ring (bicyclic) bond motifs is 1. The molecule has 0 aliphatic rings. The van der Waals surface area contributed by atoms with Crippen molar-refractivity contribution in [1.82, 2.24) is 9.38 Å². The summed E-state index contributed by atoms with van der Waals surface area (Å²) in [5.41, 5.74) is 2.47. The highest BCUT2D eigenvalue weighted by molar-refractivity contribution is 7.71. The maximum Gasteiger partial charge on any atom is 0.182 e. The second-order valence-electron chi connectivity index (χ2n) is 4.51. The molecule has 0 saturated carbocycles. The van der Waals surface area contributed by atoms with Crippen LogP contribution in [0.4, 0.5) is 0 Å². The molecule has 2 aromatic heterocycles. The minimum atomic E-state index is 0.101. The van der Waals surface area contributed by atoms with Crippen LogP contribution in [0.1, 0.15) is 26.5 Å². The molecule has 0 amide bonds. The molecule has 1 N–H and O–H groups in total. The van der Waals surface area contributed by atoms with Gasteiger partial charge in [-0.15, -0.1) is 0 Å². The van der Waals surface area contributed by atoms with Gasteiger partial charge in [0.15, 0.2) is 4.77 Å². The van der Waals surface area contributed by atoms with Crippen LogP contribution in [0.2, 0.25) is 0 Å². The number of nitrogens with zero attached hydrogens (tertiary/aromatic N) is 1. The lowest BCUT2D eigenvalue weighted by molar-refractivity contribution is 0.577. The van der Waals surface area contributed by atoms with Gasteiger partial charge in [0.1, 0.15) is 0 Å². The van der Waals surface area contributed by atoms with Crippen LogP contribution in [-0.4, -0.2) is 9.38 Å². The number of nitrogens with one attached hydrogen (secondary N) is 1. The zero-order valence-electron chi connectivity index (χ0n) is 8.66. The fourth-order valence-corrected chi connectivity index (χ4v) is 1.89. The fraction of sp³-hybridized carbons (Fsp3) is 0.364. The molecular weight excluding hydrogens is 192 g/mol. The van der Waals surface area contributed by atoms with Crippen LogP contribution < -0.4 is 0 Å². The summed E-state index contributed by atoms with van der Waals surface area (Å²) < 4.78 is 2.78. The summed E-state index contributed by atoms with van der Waals surface area (Å²) in [6.45, 7) is 6.54. The Kier molecular flexibility index (Phi) is 2.00. The Hall–Kier alpha value is -1.09. The summed E-state index contributed by atoms with van der Waals surface area (Å²) in [6, 6.07) is 6.11. The summed E-state index contributed by atoms with van der Waals surface area (Å²) in [7, 11) is 0. The van der Waals surface area contributed by atoms with Gasteiger partial charge in [0.2, 0.25) is 0 Å². The Balaban J connectivity index is 2.87. The molecule has 0 unspecified atom stereocenters. The normalized spacial score (nSPS) is 12.2. The largest absolute Gasteiger partial charge is 0.333 e. The fourth-order valence-electron chi connectivity index (χ4n) is 1.63. The molecule has 0 atom stereocenters. The average Bonchev–Trinajstić information content (AvgIpc) is 2.44. The molecule has 2 aromatic rings. The summed E-state index contributed by atoms with van der Waals surface area (Å²) >= 11 is 5.25. The highest BCUT2D eigenvalue weighted by atomic mass is 32.1. The summed E-state index contributed by atoms with van der Waals surface area (Å²) in [4.78, 5) is 3.27. The van der Waals surface area contributed by atoms with E-state index in [-0.39, 0.29) is 5.41 Å². The van der Waals surface area contributed by atoms with Crippen molar-refractivity contribution < 1.29 is 0 Å². The molecule has 2 rings (SSSR count). The Morgan fingerprint density at radius 3 is 2.64 bits per heavy atom. The van der Waals surface area contributed by atoms with Crippen molar-refractivity contribution >= 4 is 17.7 Å². The molecule has 0 aliphatic heterocycles. The van der Waals surface area contributed by atoms with Gasteiger partial charge in [-0.2, -0.15) is 0 Å². The smallest absolute Gasteiger partial charge is 0.182 e. The third-order valence-corrected chi connectivity index (χ3v) is 2.62. The first-order valence-electron chi connectivity index (χ1n) is 4.70. The van der Waals surface area contributed by atoms with E-state index >= 15 is 0 Å². The molecule has 0 fully saturated rings. The van der Waals surface area contributed by atoms with Crippen LogP contribution >= 0.6 is 12.2 Å². The van der Waals surface area contributed by atoms with Gasteiger partial charge in [-0.1, -0.05) is 26.8 Å². The van der Waals surface area contributed by atoms with E-state index in [0.29, 0.717) is 0 Å². The third kappa shape index (κ3) is 1.38. The number of H-pyrrole nitrogens is 1. The molecule has 0 bridgehead atoms. The molecule has 0 aliphatic carbocycles. The molecule has 2 heterocycles. The number of imidazole rings is 1. The van der Waals surface area contributed by atoms with E-state index in [2.05, 4.69) is 31.8 Å². The van der Waals surface area contributed by atoms with E-state index < -0.39 is 0 Å². The number of aromatic nitrogens is 2. The van der Waals surface area contributed by atoms with E-state index in [1.807, 2.05) is 22.7 Å². The van der Waals surface area contributed by atoms with Gasteiger partial charge < -0.3 is 4.98 Å². The van der Waals surface area contributed by atoms with Crippen LogP contribution in [0.25, 0.3) is 5.52 Å². The molecule has 3 heteroatoms. The first-order valence-corrected chi connectivity index (χ1v) is 5.11. The minimum absolute atomic E-state index is 0.101. The highest BCUT2D eigenvalue weighted by Gasteiger charge is 2.18. The van der Waals surface area contributed by atoms with Crippen molar-refractivity contribution in [3.8, 4) is 0 Å². The summed E-state index contributed by atoms with van der Waals surface area (Å²) in [5, 5.41) is 0. The Morgan fingerprint density at radius 2 is 2.00 bits per heavy atom. The maximum absolute atomic E-state index is 5.25. The minimum Gasteiger partial charge on any atom is -0.333 e. The van der Waals surface area contributed by atoms with Gasteiger partial charge in [0, 0.05) is 17.3 Å². The van der Waals surface area contributed by atoms with Gasteiger partial charge in [-0.3, -0.25) is 4.40 Å². The lowest BCUT2D eigenvalue weighted by Gasteiger charge is -2.16. The average molecular weight is 206 g/mol. The lowest BCUT2D eigenvalue weighted by Crippen LogP contribution is -2.12. The molecule has 0 saturated heterocycles. The Bertz CT molecular complexity index is 514. The van der Waals surface area contributed by atoms with Crippen molar-refractivity contribution in [1.29, 1.82) is 0 Å². The Morgan fingerprint density at radius 1 is 1.29 bits per heavy atom. The van der Waals surface area contributed by atoms with E-state index in [0.717, 1.165) is 4.77 Å². The monoisotopic (exact) mass is 206 g/mol. The van der Waals surface area contributed by atoms with Crippen LogP contribution in [0.3, 0.4) is 0 Å². The Labute approximate surface area is 88.6 Å². The number of hydrogen-bond donors (Lipinski definition) is 1. The first-order chi connectivity index (χ1) is 6.50. The van der Waals surface area contributed by atoms with Gasteiger partial charge in [-0.25, -0.2) is 0 Å². The summed E-state index contributed by atoms with van der Waals surface area (Å²) in [5.74, 6) is 0. The number of rotatable bonds is 0. The van der Waals surface area contributed by atoms with Crippen LogP contribution in [-0.2, 0) is 5.41 Å². The van der Waals surface area contributed by atoms with Gasteiger partial charge in [0.05, 0.1) is 5.52 Å². The second-order valence-corrected chi connectivity index (χ2v) is 4.90. The quantitative estimate of drug-likeness (QED) is 0.656.